The fourth-order valence-corrected chi connectivity index (χ4v) is 5.68. The Morgan fingerprint density at radius 3 is 2.76 bits per heavy atom. The lowest BCUT2D eigenvalue weighted by Gasteiger charge is -2.27. The van der Waals surface area contributed by atoms with E-state index in [0.29, 0.717) is 61.1 Å². The highest BCUT2D eigenvalue weighted by molar-refractivity contribution is 6.00. The summed E-state index contributed by atoms with van der Waals surface area (Å²) in [5.41, 5.74) is 3.48. The Kier molecular flexibility index (Phi) is 5.07. The summed E-state index contributed by atoms with van der Waals surface area (Å²) < 4.78 is 39.7. The van der Waals surface area contributed by atoms with E-state index in [1.54, 1.807) is 18.3 Å². The number of fused-ring (bicyclic) bond motifs is 9. The van der Waals surface area contributed by atoms with Crippen LogP contribution in [-0.4, -0.2) is 58.3 Å². The number of benzene rings is 2. The third-order valence-corrected chi connectivity index (χ3v) is 7.20. The fraction of sp³-hybridized carbons (Fsp3) is 0.308. The molecule has 2 aromatic carbocycles. The lowest BCUT2D eigenvalue weighted by molar-refractivity contribution is -0.0495. The van der Waals surface area contributed by atoms with E-state index in [2.05, 4.69) is 14.9 Å². The van der Waals surface area contributed by atoms with E-state index in [0.717, 1.165) is 16.9 Å². The molecular formula is C26H22F2N6O3. The van der Waals surface area contributed by atoms with Crippen LogP contribution in [0, 0.1) is 0 Å². The van der Waals surface area contributed by atoms with Crippen LogP contribution in [0.1, 0.15) is 40.3 Å². The van der Waals surface area contributed by atoms with Crippen LogP contribution in [-0.2, 0) is 4.74 Å². The molecule has 9 nitrogen and oxygen atoms in total. The van der Waals surface area contributed by atoms with Gasteiger partial charge in [0.2, 0.25) is 5.95 Å². The maximum absolute atomic E-state index is 13.6. The first kappa shape index (κ1) is 22.1. The smallest absolute Gasteiger partial charge is 0.387 e. The van der Waals surface area contributed by atoms with E-state index < -0.39 is 6.61 Å². The van der Waals surface area contributed by atoms with Crippen LogP contribution < -0.4 is 15.0 Å². The molecule has 4 aromatic rings. The predicted molar refractivity (Wildman–Crippen MR) is 130 cm³/mol. The summed E-state index contributed by atoms with van der Waals surface area (Å²) in [6, 6.07) is 11.7. The number of hydrogen-bond acceptors (Lipinski definition) is 7. The van der Waals surface area contributed by atoms with Crippen molar-refractivity contribution in [3.63, 3.8) is 0 Å². The van der Waals surface area contributed by atoms with E-state index in [9.17, 15) is 13.6 Å². The molecule has 2 bridgehead atoms. The van der Waals surface area contributed by atoms with Gasteiger partial charge in [0.15, 0.2) is 0 Å². The number of halogens is 2. The van der Waals surface area contributed by atoms with Gasteiger partial charge in [0.1, 0.15) is 11.6 Å². The minimum atomic E-state index is -3.04. The molecule has 0 radical (unpaired) electrons. The molecule has 3 aliphatic rings. The van der Waals surface area contributed by atoms with Gasteiger partial charge in [0.25, 0.3) is 5.91 Å². The number of imidazole rings is 1. The fourth-order valence-electron chi connectivity index (χ4n) is 5.68. The van der Waals surface area contributed by atoms with Crippen LogP contribution in [0.2, 0.25) is 0 Å². The zero-order valence-corrected chi connectivity index (χ0v) is 19.6. The molecule has 37 heavy (non-hydrogen) atoms. The number of carbonyl (C=O) groups is 1. The molecule has 0 saturated carbocycles. The number of rotatable bonds is 4. The molecule has 2 atom stereocenters. The highest BCUT2D eigenvalue weighted by atomic mass is 19.3. The monoisotopic (exact) mass is 504 g/mol. The van der Waals surface area contributed by atoms with E-state index in [1.165, 1.54) is 6.07 Å². The quantitative estimate of drug-likeness (QED) is 0.453. The maximum atomic E-state index is 13.6. The molecule has 1 saturated heterocycles. The lowest BCUT2D eigenvalue weighted by atomic mass is 9.91. The summed E-state index contributed by atoms with van der Waals surface area (Å²) in [6.45, 7) is -0.706. The van der Waals surface area contributed by atoms with Gasteiger partial charge < -0.3 is 24.3 Å². The van der Waals surface area contributed by atoms with Crippen molar-refractivity contribution in [2.75, 3.05) is 31.2 Å². The van der Waals surface area contributed by atoms with Crippen molar-refractivity contribution in [3.8, 4) is 17.0 Å². The molecule has 188 valence electrons. The zero-order valence-electron chi connectivity index (χ0n) is 19.6. The summed E-state index contributed by atoms with van der Waals surface area (Å²) in [4.78, 5) is 29.3. The maximum Gasteiger partial charge on any atom is 0.387 e. The SMILES string of the molecule is O=C1N[C@@H]2C[C@H](c3c1ccc(OC(F)F)c3-c1ccnc(N3CCOCC3)n1)n1c2nc2ccccc21. The number of ether oxygens (including phenoxy) is 2. The molecule has 0 aliphatic carbocycles. The minimum absolute atomic E-state index is 0.0375. The van der Waals surface area contributed by atoms with Crippen molar-refractivity contribution < 1.29 is 23.0 Å². The molecule has 0 unspecified atom stereocenters. The Bertz CT molecular complexity index is 1530. The highest BCUT2D eigenvalue weighted by Crippen LogP contribution is 2.49. The van der Waals surface area contributed by atoms with Gasteiger partial charge in [-0.15, -0.1) is 0 Å². The topological polar surface area (TPSA) is 94.4 Å². The van der Waals surface area contributed by atoms with E-state index in [4.69, 9.17) is 19.4 Å². The Morgan fingerprint density at radius 2 is 1.92 bits per heavy atom. The van der Waals surface area contributed by atoms with E-state index in [1.807, 2.05) is 29.2 Å². The second-order valence-electron chi connectivity index (χ2n) is 9.23. The Morgan fingerprint density at radius 1 is 1.08 bits per heavy atom. The third kappa shape index (κ3) is 3.52. The molecule has 0 spiro atoms. The van der Waals surface area contributed by atoms with Gasteiger partial charge in [-0.2, -0.15) is 8.78 Å². The Hall–Kier alpha value is -4.12. The van der Waals surface area contributed by atoms with Gasteiger partial charge in [0, 0.05) is 36.0 Å². The van der Waals surface area contributed by atoms with Crippen molar-refractivity contribution in [1.82, 2.24) is 24.8 Å². The first-order chi connectivity index (χ1) is 18.1. The van der Waals surface area contributed by atoms with Gasteiger partial charge in [-0.25, -0.2) is 15.0 Å². The Labute approximate surface area is 210 Å². The van der Waals surface area contributed by atoms with Gasteiger partial charge in [-0.1, -0.05) is 12.1 Å². The molecule has 2 aromatic heterocycles. The number of nitrogens with one attached hydrogen (secondary N) is 1. The average molecular weight is 504 g/mol. The number of amides is 1. The van der Waals surface area contributed by atoms with Gasteiger partial charge in [-0.3, -0.25) is 4.79 Å². The molecule has 3 aliphatic heterocycles. The summed E-state index contributed by atoms with van der Waals surface area (Å²) in [5, 5.41) is 3.08. The first-order valence-corrected chi connectivity index (χ1v) is 12.1. The number of nitrogens with zero attached hydrogens (tertiary/aromatic N) is 5. The van der Waals surface area contributed by atoms with Crippen molar-refractivity contribution in [3.05, 3.63) is 65.6 Å². The number of carbonyl (C=O) groups excluding carboxylic acids is 1. The van der Waals surface area contributed by atoms with E-state index in [-0.39, 0.29) is 23.7 Å². The summed E-state index contributed by atoms with van der Waals surface area (Å²) in [5.74, 6) is 0.892. The van der Waals surface area contributed by atoms with Crippen molar-refractivity contribution >= 4 is 22.9 Å². The number of aromatic nitrogens is 4. The molecule has 11 heteroatoms. The van der Waals surface area contributed by atoms with Crippen LogP contribution in [0.25, 0.3) is 22.3 Å². The minimum Gasteiger partial charge on any atom is -0.434 e. The largest absolute Gasteiger partial charge is 0.434 e. The summed E-state index contributed by atoms with van der Waals surface area (Å²) >= 11 is 0. The summed E-state index contributed by atoms with van der Waals surface area (Å²) in [6.07, 6.45) is 2.14. The normalized spacial score (nSPS) is 20.5. The zero-order chi connectivity index (χ0) is 25.1. The highest BCUT2D eigenvalue weighted by Gasteiger charge is 2.42. The van der Waals surface area contributed by atoms with Gasteiger partial charge in [0.05, 0.1) is 42.0 Å². The van der Waals surface area contributed by atoms with Gasteiger partial charge >= 0.3 is 6.61 Å². The van der Waals surface area contributed by atoms with Gasteiger partial charge in [-0.05, 0) is 36.8 Å². The van der Waals surface area contributed by atoms with Crippen LogP contribution in [0.15, 0.2) is 48.7 Å². The number of morpholine rings is 1. The molecule has 1 amide bonds. The third-order valence-electron chi connectivity index (χ3n) is 7.20. The molecular weight excluding hydrogens is 482 g/mol. The lowest BCUT2D eigenvalue weighted by Crippen LogP contribution is -2.37. The second kappa shape index (κ2) is 8.48. The standard InChI is InChI=1S/C26H22F2N6O3/c27-25(28)37-20-6-5-14-21(22(20)16-7-8-29-26(32-16)33-9-11-36-12-10-33)19-13-17(31-24(14)35)23-30-15-3-1-2-4-18(15)34(19)23/h1-8,17,19,25H,9-13H2,(H,31,35)/t17-,19-/m1/s1. The van der Waals surface area contributed by atoms with E-state index >= 15 is 0 Å². The van der Waals surface area contributed by atoms with Crippen LogP contribution in [0.3, 0.4) is 0 Å². The van der Waals surface area contributed by atoms with Crippen LogP contribution in [0.4, 0.5) is 14.7 Å². The number of alkyl halides is 2. The van der Waals surface area contributed by atoms with Crippen LogP contribution >= 0.6 is 0 Å². The number of anilines is 1. The van der Waals surface area contributed by atoms with Crippen LogP contribution in [0.5, 0.6) is 5.75 Å². The molecule has 5 heterocycles. The molecule has 1 fully saturated rings. The second-order valence-corrected chi connectivity index (χ2v) is 9.23. The Balaban J connectivity index is 1.47. The van der Waals surface area contributed by atoms with Crippen molar-refractivity contribution in [2.24, 2.45) is 0 Å². The summed E-state index contributed by atoms with van der Waals surface area (Å²) in [7, 11) is 0. The number of hydrogen-bond donors (Lipinski definition) is 1. The van der Waals surface area contributed by atoms with Crippen molar-refractivity contribution in [2.45, 2.75) is 25.1 Å². The molecule has 1 N–H and O–H groups in total. The molecule has 7 rings (SSSR count). The first-order valence-electron chi connectivity index (χ1n) is 12.1. The average Bonchev–Trinajstić information content (AvgIpc) is 3.41. The predicted octanol–water partition coefficient (Wildman–Crippen LogP) is 3.71. The van der Waals surface area contributed by atoms with Crippen molar-refractivity contribution in [1.29, 1.82) is 0 Å². The number of para-hydroxylation sites is 2.